The average molecular weight is 395 g/mol. The number of sulfonamides is 1. The fourth-order valence-electron chi connectivity index (χ4n) is 2.61. The van der Waals surface area contributed by atoms with Gasteiger partial charge in [-0.25, -0.2) is 8.42 Å². The average Bonchev–Trinajstić information content (AvgIpc) is 3.15. The first-order valence-electron chi connectivity index (χ1n) is 8.83. The molecule has 0 fully saturated rings. The van der Waals surface area contributed by atoms with Gasteiger partial charge in [-0.15, -0.1) is 0 Å². The van der Waals surface area contributed by atoms with E-state index < -0.39 is 15.6 Å². The van der Waals surface area contributed by atoms with Gasteiger partial charge in [0.2, 0.25) is 15.9 Å². The number of nitrogens with zero attached hydrogens (tertiary/aromatic N) is 4. The number of aromatic nitrogens is 3. The van der Waals surface area contributed by atoms with E-state index >= 15 is 0 Å². The summed E-state index contributed by atoms with van der Waals surface area (Å²) in [4.78, 5) is 24.1. The molecule has 1 amide bonds. The highest BCUT2D eigenvalue weighted by Crippen LogP contribution is 2.13. The molecule has 0 aliphatic rings. The Morgan fingerprint density at radius 3 is 2.63 bits per heavy atom. The lowest BCUT2D eigenvalue weighted by Gasteiger charge is -2.19. The third-order valence-electron chi connectivity index (χ3n) is 4.06. The van der Waals surface area contributed by atoms with Crippen LogP contribution in [0.25, 0.3) is 0 Å². The third kappa shape index (κ3) is 5.51. The minimum Gasteiger partial charge on any atom is -0.354 e. The summed E-state index contributed by atoms with van der Waals surface area (Å²) >= 11 is 0. The van der Waals surface area contributed by atoms with Crippen LogP contribution in [0.2, 0.25) is 0 Å². The summed E-state index contributed by atoms with van der Waals surface area (Å²) in [5.41, 5.74) is -0.430. The van der Waals surface area contributed by atoms with Crippen molar-refractivity contribution in [3.8, 4) is 0 Å². The van der Waals surface area contributed by atoms with Crippen LogP contribution in [0, 0.1) is 0 Å². The van der Waals surface area contributed by atoms with Crippen molar-refractivity contribution in [1.29, 1.82) is 0 Å². The number of hydrogen-bond acceptors (Lipinski definition) is 5. The summed E-state index contributed by atoms with van der Waals surface area (Å²) in [5.74, 6) is -0.352. The van der Waals surface area contributed by atoms with Crippen molar-refractivity contribution in [2.24, 2.45) is 0 Å². The molecule has 27 heavy (non-hydrogen) atoms. The first-order valence-corrected chi connectivity index (χ1v) is 10.3. The molecule has 2 aromatic heterocycles. The normalized spacial score (nSPS) is 11.7. The molecule has 1 N–H and O–H groups in total. The van der Waals surface area contributed by atoms with Crippen LogP contribution in [0.3, 0.4) is 0 Å². The minimum atomic E-state index is -3.69. The van der Waals surface area contributed by atoms with Crippen molar-refractivity contribution in [2.45, 2.75) is 38.3 Å². The molecule has 2 aromatic rings. The van der Waals surface area contributed by atoms with Gasteiger partial charge in [0.25, 0.3) is 5.56 Å². The van der Waals surface area contributed by atoms with E-state index in [-0.39, 0.29) is 17.3 Å². The summed E-state index contributed by atoms with van der Waals surface area (Å²) in [6.07, 6.45) is 5.44. The highest BCUT2D eigenvalue weighted by atomic mass is 32.2. The third-order valence-corrected chi connectivity index (χ3v) is 6.09. The van der Waals surface area contributed by atoms with Crippen LogP contribution in [0.1, 0.15) is 20.3 Å². The lowest BCUT2D eigenvalue weighted by molar-refractivity contribution is -0.121. The second-order valence-corrected chi connectivity index (χ2v) is 7.83. The Hall–Kier alpha value is -2.46. The Balaban J connectivity index is 1.99. The monoisotopic (exact) mass is 395 g/mol. The highest BCUT2D eigenvalue weighted by molar-refractivity contribution is 7.89. The van der Waals surface area contributed by atoms with Crippen molar-refractivity contribution in [3.05, 3.63) is 47.1 Å². The molecule has 9 nitrogen and oxygen atoms in total. The van der Waals surface area contributed by atoms with Crippen LogP contribution < -0.4 is 10.9 Å². The van der Waals surface area contributed by atoms with E-state index in [9.17, 15) is 18.0 Å². The Bertz CT molecular complexity index is 902. The van der Waals surface area contributed by atoms with Crippen LogP contribution >= 0.6 is 0 Å². The van der Waals surface area contributed by atoms with E-state index in [1.807, 2.05) is 12.3 Å². The van der Waals surface area contributed by atoms with Gasteiger partial charge in [0, 0.05) is 50.8 Å². The lowest BCUT2D eigenvalue weighted by atomic mass is 10.4. The zero-order valence-electron chi connectivity index (χ0n) is 15.5. The Morgan fingerprint density at radius 1 is 1.26 bits per heavy atom. The van der Waals surface area contributed by atoms with Gasteiger partial charge >= 0.3 is 0 Å². The zero-order valence-corrected chi connectivity index (χ0v) is 16.4. The van der Waals surface area contributed by atoms with Crippen LogP contribution in [-0.2, 0) is 27.9 Å². The van der Waals surface area contributed by atoms with Gasteiger partial charge in [0.05, 0.1) is 4.90 Å². The van der Waals surface area contributed by atoms with Gasteiger partial charge in [0.15, 0.2) is 0 Å². The molecule has 0 aliphatic heterocycles. The molecule has 2 rings (SSSR count). The summed E-state index contributed by atoms with van der Waals surface area (Å²) in [7, 11) is -3.69. The molecule has 0 radical (unpaired) electrons. The first-order chi connectivity index (χ1) is 12.9. The van der Waals surface area contributed by atoms with E-state index in [4.69, 9.17) is 0 Å². The highest BCUT2D eigenvalue weighted by Gasteiger charge is 2.22. The van der Waals surface area contributed by atoms with Crippen LogP contribution in [0.5, 0.6) is 0 Å². The smallest absolute Gasteiger partial charge is 0.251 e. The molecule has 0 atom stereocenters. The predicted molar refractivity (Wildman–Crippen MR) is 101 cm³/mol. The van der Waals surface area contributed by atoms with Crippen molar-refractivity contribution in [3.63, 3.8) is 0 Å². The van der Waals surface area contributed by atoms with Gasteiger partial charge in [-0.2, -0.15) is 9.40 Å². The fourth-order valence-corrected chi connectivity index (χ4v) is 4.09. The fraction of sp³-hybridized carbons (Fsp3) is 0.471. The number of carbonyl (C=O) groups excluding carboxylic acids is 1. The number of aryl methyl sites for hydroxylation is 1. The van der Waals surface area contributed by atoms with Crippen molar-refractivity contribution < 1.29 is 13.2 Å². The maximum atomic E-state index is 12.6. The molecular formula is C17H25N5O4S. The standard InChI is InChI=1S/C17H25N5O4S/c1-3-22(4-2)27(25,26)15-7-8-17(24)20(13-15)14-16(23)18-9-5-11-21-12-6-10-19-21/h6-8,10,12-13H,3-5,9,11,14H2,1-2H3,(H,18,23). The predicted octanol–water partition coefficient (Wildman–Crippen LogP) is 0.282. The van der Waals surface area contributed by atoms with Crippen molar-refractivity contribution >= 4 is 15.9 Å². The largest absolute Gasteiger partial charge is 0.354 e. The van der Waals surface area contributed by atoms with Gasteiger partial charge in [-0.1, -0.05) is 13.8 Å². The van der Waals surface area contributed by atoms with Crippen molar-refractivity contribution in [2.75, 3.05) is 19.6 Å². The van der Waals surface area contributed by atoms with E-state index in [1.165, 1.54) is 22.6 Å². The Labute approximate surface area is 158 Å². The van der Waals surface area contributed by atoms with E-state index in [0.29, 0.717) is 32.6 Å². The molecule has 2 heterocycles. The topological polar surface area (TPSA) is 106 Å². The molecular weight excluding hydrogens is 370 g/mol. The molecule has 10 heteroatoms. The molecule has 0 unspecified atom stereocenters. The number of amides is 1. The molecule has 0 aliphatic carbocycles. The molecule has 0 spiro atoms. The van der Waals surface area contributed by atoms with Gasteiger partial charge in [-0.05, 0) is 18.6 Å². The second kappa shape index (κ2) is 9.47. The molecule has 0 bridgehead atoms. The summed E-state index contributed by atoms with van der Waals surface area (Å²) < 4.78 is 29.3. The molecule has 148 valence electrons. The SMILES string of the molecule is CCN(CC)S(=O)(=O)c1ccc(=O)n(CC(=O)NCCCn2cccn2)c1. The molecule has 0 saturated carbocycles. The second-order valence-electron chi connectivity index (χ2n) is 5.89. The van der Waals surface area contributed by atoms with Crippen LogP contribution in [0.15, 0.2) is 46.5 Å². The number of hydrogen-bond donors (Lipinski definition) is 1. The maximum Gasteiger partial charge on any atom is 0.251 e. The van der Waals surface area contributed by atoms with Crippen LogP contribution in [-0.4, -0.2) is 52.6 Å². The number of nitrogens with one attached hydrogen (secondary N) is 1. The maximum absolute atomic E-state index is 12.6. The van der Waals surface area contributed by atoms with E-state index in [0.717, 1.165) is 4.57 Å². The van der Waals surface area contributed by atoms with E-state index in [2.05, 4.69) is 10.4 Å². The molecule has 0 aromatic carbocycles. The number of carbonyl (C=O) groups is 1. The summed E-state index contributed by atoms with van der Waals surface area (Å²) in [6.45, 7) is 5.02. The lowest BCUT2D eigenvalue weighted by Crippen LogP contribution is -2.34. The first kappa shape index (κ1) is 20.8. The Kier molecular flexibility index (Phi) is 7.31. The Morgan fingerprint density at radius 2 is 2.00 bits per heavy atom. The zero-order chi connectivity index (χ0) is 19.9. The van der Waals surface area contributed by atoms with Crippen LogP contribution in [0.4, 0.5) is 0 Å². The van der Waals surface area contributed by atoms with Gasteiger partial charge in [0.1, 0.15) is 6.54 Å². The van der Waals surface area contributed by atoms with Crippen molar-refractivity contribution in [1.82, 2.24) is 24.0 Å². The summed E-state index contributed by atoms with van der Waals surface area (Å²) in [5, 5.41) is 6.80. The van der Waals surface area contributed by atoms with E-state index in [1.54, 1.807) is 24.7 Å². The quantitative estimate of drug-likeness (QED) is 0.582. The van der Waals surface area contributed by atoms with Gasteiger partial charge in [-0.3, -0.25) is 14.3 Å². The number of rotatable bonds is 10. The van der Waals surface area contributed by atoms with Gasteiger partial charge < -0.3 is 9.88 Å². The summed E-state index contributed by atoms with van der Waals surface area (Å²) in [6, 6.07) is 4.26. The minimum absolute atomic E-state index is 0.00252. The number of pyridine rings is 1. The molecule has 0 saturated heterocycles.